The number of carbonyl (C=O) groups excluding carboxylic acids is 2. The summed E-state index contributed by atoms with van der Waals surface area (Å²) >= 11 is 5.83. The van der Waals surface area contributed by atoms with E-state index in [0.717, 1.165) is 5.56 Å². The Morgan fingerprint density at radius 3 is 2.17 bits per heavy atom. The molecule has 0 radical (unpaired) electrons. The second kappa shape index (κ2) is 8.21. The zero-order valence-corrected chi connectivity index (χ0v) is 17.1. The van der Waals surface area contributed by atoms with Gasteiger partial charge in [0.2, 0.25) is 5.91 Å². The summed E-state index contributed by atoms with van der Waals surface area (Å²) in [5.74, 6) is -0.434. The molecule has 2 aromatic carbocycles. The lowest BCUT2D eigenvalue weighted by Gasteiger charge is -2.38. The molecule has 1 heterocycles. The van der Waals surface area contributed by atoms with Crippen molar-refractivity contribution in [1.82, 2.24) is 9.80 Å². The molecule has 7 nitrogen and oxygen atoms in total. The van der Waals surface area contributed by atoms with E-state index < -0.39 is 16.2 Å². The fourth-order valence-electron chi connectivity index (χ4n) is 3.49. The summed E-state index contributed by atoms with van der Waals surface area (Å²) in [7, 11) is 0. The van der Waals surface area contributed by atoms with Crippen LogP contribution in [0.3, 0.4) is 0 Å². The number of amides is 2. The van der Waals surface area contributed by atoms with Crippen LogP contribution in [0.25, 0.3) is 0 Å². The molecule has 8 heteroatoms. The van der Waals surface area contributed by atoms with E-state index >= 15 is 0 Å². The van der Waals surface area contributed by atoms with Crippen molar-refractivity contribution in [1.29, 1.82) is 0 Å². The molecule has 3 rings (SSSR count). The standard InChI is InChI=1S/C21H22ClN3O4/c1-21(2,15-6-4-3-5-7-15)20(27)24-12-10-23(11-13-24)19(26)17-9-8-16(22)14-18(17)25(28)29/h3-9,14H,10-13H2,1-2H3. The maximum absolute atomic E-state index is 13.1. The van der Waals surface area contributed by atoms with Crippen molar-refractivity contribution in [2.45, 2.75) is 19.3 Å². The molecule has 0 N–H and O–H groups in total. The second-order valence-corrected chi connectivity index (χ2v) is 7.93. The quantitative estimate of drug-likeness (QED) is 0.565. The highest BCUT2D eigenvalue weighted by atomic mass is 35.5. The summed E-state index contributed by atoms with van der Waals surface area (Å²) in [5, 5.41) is 11.5. The maximum Gasteiger partial charge on any atom is 0.283 e. The van der Waals surface area contributed by atoms with Crippen LogP contribution in [-0.2, 0) is 10.2 Å². The number of nitro benzene ring substituents is 1. The molecule has 1 fully saturated rings. The van der Waals surface area contributed by atoms with Crippen LogP contribution < -0.4 is 0 Å². The van der Waals surface area contributed by atoms with Crippen molar-refractivity contribution in [3.63, 3.8) is 0 Å². The highest BCUT2D eigenvalue weighted by Gasteiger charge is 2.36. The first-order valence-corrected chi connectivity index (χ1v) is 9.67. The smallest absolute Gasteiger partial charge is 0.283 e. The predicted octanol–water partition coefficient (Wildman–Crippen LogP) is 3.51. The molecule has 0 atom stereocenters. The monoisotopic (exact) mass is 415 g/mol. The lowest BCUT2D eigenvalue weighted by Crippen LogP contribution is -2.54. The number of carbonyl (C=O) groups is 2. The molecule has 0 aliphatic carbocycles. The molecule has 152 valence electrons. The van der Waals surface area contributed by atoms with Gasteiger partial charge in [-0.25, -0.2) is 0 Å². The van der Waals surface area contributed by atoms with Gasteiger partial charge in [0.15, 0.2) is 0 Å². The van der Waals surface area contributed by atoms with E-state index in [2.05, 4.69) is 0 Å². The van der Waals surface area contributed by atoms with Gasteiger partial charge in [0.1, 0.15) is 5.56 Å². The number of hydrogen-bond acceptors (Lipinski definition) is 4. The first-order valence-electron chi connectivity index (χ1n) is 9.30. The minimum absolute atomic E-state index is 0.00351. The van der Waals surface area contributed by atoms with Crippen molar-refractivity contribution in [3.05, 3.63) is 74.8 Å². The highest BCUT2D eigenvalue weighted by molar-refractivity contribution is 6.31. The van der Waals surface area contributed by atoms with Crippen molar-refractivity contribution < 1.29 is 14.5 Å². The Kier molecular flexibility index (Phi) is 5.88. The summed E-state index contributed by atoms with van der Waals surface area (Å²) in [5.41, 5.74) is -0.0575. The summed E-state index contributed by atoms with van der Waals surface area (Å²) in [4.78, 5) is 39.8. The number of benzene rings is 2. The minimum atomic E-state index is -0.678. The first kappa shape index (κ1) is 20.8. The Hall–Kier alpha value is -2.93. The molecule has 2 aromatic rings. The summed E-state index contributed by atoms with van der Waals surface area (Å²) in [6.07, 6.45) is 0. The zero-order valence-electron chi connectivity index (χ0n) is 16.3. The minimum Gasteiger partial charge on any atom is -0.338 e. The van der Waals surface area contributed by atoms with E-state index in [4.69, 9.17) is 11.6 Å². The average Bonchev–Trinajstić information content (AvgIpc) is 2.73. The number of nitrogens with zero attached hydrogens (tertiary/aromatic N) is 3. The van der Waals surface area contributed by atoms with Gasteiger partial charge in [0.25, 0.3) is 11.6 Å². The zero-order chi connectivity index (χ0) is 21.2. The third-order valence-corrected chi connectivity index (χ3v) is 5.51. The van der Waals surface area contributed by atoms with Crippen LogP contribution in [-0.4, -0.2) is 52.7 Å². The Bertz CT molecular complexity index is 938. The SMILES string of the molecule is CC(C)(C(=O)N1CCN(C(=O)c2ccc(Cl)cc2[N+](=O)[O-])CC1)c1ccccc1. The molecule has 29 heavy (non-hydrogen) atoms. The normalized spacial score (nSPS) is 14.6. The molecule has 0 unspecified atom stereocenters. The lowest BCUT2D eigenvalue weighted by atomic mass is 9.83. The van der Waals surface area contributed by atoms with Crippen LogP contribution >= 0.6 is 11.6 Å². The third-order valence-electron chi connectivity index (χ3n) is 5.27. The Balaban J connectivity index is 1.70. The Morgan fingerprint density at radius 2 is 1.59 bits per heavy atom. The Labute approximate surface area is 174 Å². The van der Waals surface area contributed by atoms with E-state index in [1.54, 1.807) is 4.90 Å². The first-order chi connectivity index (χ1) is 13.7. The number of nitro groups is 1. The van der Waals surface area contributed by atoms with Gasteiger partial charge in [0.05, 0.1) is 10.3 Å². The lowest BCUT2D eigenvalue weighted by molar-refractivity contribution is -0.385. The van der Waals surface area contributed by atoms with Gasteiger partial charge >= 0.3 is 0 Å². The van der Waals surface area contributed by atoms with Gasteiger partial charge in [-0.05, 0) is 31.5 Å². The van der Waals surface area contributed by atoms with Crippen molar-refractivity contribution in [2.24, 2.45) is 0 Å². The molecule has 0 spiro atoms. The van der Waals surface area contributed by atoms with Gasteiger partial charge < -0.3 is 9.80 Å². The van der Waals surface area contributed by atoms with Gasteiger partial charge in [-0.3, -0.25) is 19.7 Å². The fraction of sp³-hybridized carbons (Fsp3) is 0.333. The second-order valence-electron chi connectivity index (χ2n) is 7.49. The third kappa shape index (κ3) is 4.24. The van der Waals surface area contributed by atoms with Crippen LogP contribution in [0, 0.1) is 10.1 Å². The Morgan fingerprint density at radius 1 is 1.00 bits per heavy atom. The molecule has 2 amide bonds. The van der Waals surface area contributed by atoms with E-state index in [1.807, 2.05) is 44.2 Å². The van der Waals surface area contributed by atoms with Crippen LogP contribution in [0.15, 0.2) is 48.5 Å². The fourth-order valence-corrected chi connectivity index (χ4v) is 3.66. The van der Waals surface area contributed by atoms with Gasteiger partial charge in [-0.15, -0.1) is 0 Å². The summed E-state index contributed by atoms with van der Waals surface area (Å²) < 4.78 is 0. The highest BCUT2D eigenvalue weighted by Crippen LogP contribution is 2.27. The molecule has 1 aliphatic rings. The average molecular weight is 416 g/mol. The van der Waals surface area contributed by atoms with Crippen LogP contribution in [0.4, 0.5) is 5.69 Å². The molecule has 0 saturated carbocycles. The van der Waals surface area contributed by atoms with Gasteiger partial charge in [0, 0.05) is 37.3 Å². The molecule has 0 aromatic heterocycles. The van der Waals surface area contributed by atoms with E-state index in [1.165, 1.54) is 23.1 Å². The maximum atomic E-state index is 13.1. The van der Waals surface area contributed by atoms with E-state index in [-0.39, 0.29) is 22.2 Å². The van der Waals surface area contributed by atoms with Gasteiger partial charge in [-0.1, -0.05) is 41.9 Å². The largest absolute Gasteiger partial charge is 0.338 e. The van der Waals surface area contributed by atoms with E-state index in [9.17, 15) is 19.7 Å². The van der Waals surface area contributed by atoms with Gasteiger partial charge in [-0.2, -0.15) is 0 Å². The number of rotatable bonds is 4. The predicted molar refractivity (Wildman–Crippen MR) is 110 cm³/mol. The molecular weight excluding hydrogens is 394 g/mol. The van der Waals surface area contributed by atoms with Crippen LogP contribution in [0.1, 0.15) is 29.8 Å². The number of halogens is 1. The summed E-state index contributed by atoms with van der Waals surface area (Å²) in [6.45, 7) is 5.16. The van der Waals surface area contributed by atoms with E-state index in [0.29, 0.717) is 26.2 Å². The number of hydrogen-bond donors (Lipinski definition) is 0. The van der Waals surface area contributed by atoms with Crippen LogP contribution in [0.2, 0.25) is 5.02 Å². The molecule has 1 saturated heterocycles. The topological polar surface area (TPSA) is 83.8 Å². The molecular formula is C21H22ClN3O4. The molecule has 0 bridgehead atoms. The van der Waals surface area contributed by atoms with Crippen molar-refractivity contribution in [2.75, 3.05) is 26.2 Å². The van der Waals surface area contributed by atoms with Crippen molar-refractivity contribution in [3.8, 4) is 0 Å². The van der Waals surface area contributed by atoms with Crippen molar-refractivity contribution >= 4 is 29.1 Å². The van der Waals surface area contributed by atoms with Crippen LogP contribution in [0.5, 0.6) is 0 Å². The summed E-state index contributed by atoms with van der Waals surface area (Å²) in [6, 6.07) is 13.6. The molecule has 1 aliphatic heterocycles. The number of piperazine rings is 1.